The van der Waals surface area contributed by atoms with Crippen LogP contribution >= 0.6 is 15.9 Å². The molecule has 3 rings (SSSR count). The van der Waals surface area contributed by atoms with Crippen molar-refractivity contribution in [2.75, 3.05) is 6.54 Å². The lowest BCUT2D eigenvalue weighted by atomic mass is 10.1. The molecule has 0 saturated carbocycles. The molecule has 0 aromatic heterocycles. The van der Waals surface area contributed by atoms with Gasteiger partial charge in [0, 0.05) is 17.6 Å². The topological polar surface area (TPSA) is 66.5 Å². The van der Waals surface area contributed by atoms with Crippen molar-refractivity contribution in [2.45, 2.75) is 36.5 Å². The first-order chi connectivity index (χ1) is 13.6. The molecule has 10 heteroatoms. The molecular formula is C19H18BrF3N2O3S. The van der Waals surface area contributed by atoms with Gasteiger partial charge in [0.1, 0.15) is 6.04 Å². The van der Waals surface area contributed by atoms with Crippen molar-refractivity contribution < 1.29 is 26.4 Å². The number of sulfonamides is 1. The fourth-order valence-corrected chi connectivity index (χ4v) is 5.07. The van der Waals surface area contributed by atoms with Crippen LogP contribution in [0.3, 0.4) is 0 Å². The summed E-state index contributed by atoms with van der Waals surface area (Å²) in [6.07, 6.45) is -3.49. The molecule has 1 fully saturated rings. The molecule has 2 aromatic carbocycles. The summed E-state index contributed by atoms with van der Waals surface area (Å²) in [6, 6.07) is 9.78. The van der Waals surface area contributed by atoms with E-state index >= 15 is 0 Å². The van der Waals surface area contributed by atoms with Crippen LogP contribution in [-0.4, -0.2) is 31.2 Å². The van der Waals surface area contributed by atoms with E-state index in [2.05, 4.69) is 21.2 Å². The molecule has 1 saturated heterocycles. The minimum atomic E-state index is -4.42. The van der Waals surface area contributed by atoms with E-state index in [0.717, 1.165) is 16.6 Å². The second-order valence-corrected chi connectivity index (χ2v) is 9.45. The highest BCUT2D eigenvalue weighted by Gasteiger charge is 2.39. The number of halogens is 4. The molecule has 1 unspecified atom stereocenters. The summed E-state index contributed by atoms with van der Waals surface area (Å²) in [4.78, 5) is 12.7. The Hall–Kier alpha value is -1.91. The summed E-state index contributed by atoms with van der Waals surface area (Å²) < 4.78 is 65.6. The van der Waals surface area contributed by atoms with Crippen LogP contribution in [0.15, 0.2) is 57.9 Å². The number of rotatable bonds is 5. The lowest BCUT2D eigenvalue weighted by Gasteiger charge is -2.23. The van der Waals surface area contributed by atoms with Gasteiger partial charge in [0.25, 0.3) is 0 Å². The molecule has 1 heterocycles. The summed E-state index contributed by atoms with van der Waals surface area (Å²) >= 11 is 3.25. The zero-order chi connectivity index (χ0) is 21.2. The summed E-state index contributed by atoms with van der Waals surface area (Å²) in [5, 5.41) is 2.63. The van der Waals surface area contributed by atoms with Crippen LogP contribution in [0, 0.1) is 0 Å². The maximum absolute atomic E-state index is 12.9. The van der Waals surface area contributed by atoms with Crippen molar-refractivity contribution in [1.82, 2.24) is 9.62 Å². The summed E-state index contributed by atoms with van der Waals surface area (Å²) in [6.45, 7) is 0.246. The average molecular weight is 491 g/mol. The van der Waals surface area contributed by atoms with E-state index in [1.807, 2.05) is 0 Å². The Labute approximate surface area is 175 Å². The van der Waals surface area contributed by atoms with Crippen LogP contribution in [0.5, 0.6) is 0 Å². The van der Waals surface area contributed by atoms with E-state index in [4.69, 9.17) is 0 Å². The van der Waals surface area contributed by atoms with Gasteiger partial charge in [-0.25, -0.2) is 8.42 Å². The zero-order valence-corrected chi connectivity index (χ0v) is 17.5. The van der Waals surface area contributed by atoms with Crippen LogP contribution in [0.2, 0.25) is 0 Å². The van der Waals surface area contributed by atoms with Crippen molar-refractivity contribution in [1.29, 1.82) is 0 Å². The fraction of sp³-hybridized carbons (Fsp3) is 0.316. The smallest absolute Gasteiger partial charge is 0.351 e. The number of carbonyl (C=O) groups excluding carboxylic acids is 1. The second kappa shape index (κ2) is 8.45. The van der Waals surface area contributed by atoms with Crippen LogP contribution in [0.1, 0.15) is 24.0 Å². The van der Waals surface area contributed by atoms with Gasteiger partial charge >= 0.3 is 6.18 Å². The maximum atomic E-state index is 12.9. The molecule has 0 bridgehead atoms. The SMILES string of the molecule is O=C(NCc1ccc(C(F)(F)F)cc1)C1CCCN1S(=O)(=O)c1ccc(Br)cc1. The standard InChI is InChI=1S/C19H18BrF3N2O3S/c20-15-7-9-16(10-8-15)29(27,28)25-11-1-2-17(25)18(26)24-12-13-3-5-14(6-4-13)19(21,22)23/h3-10,17H,1-2,11-12H2,(H,24,26). The predicted molar refractivity (Wildman–Crippen MR) is 104 cm³/mol. The van der Waals surface area contributed by atoms with Gasteiger partial charge in [0.2, 0.25) is 15.9 Å². The van der Waals surface area contributed by atoms with Gasteiger partial charge in [-0.15, -0.1) is 0 Å². The summed E-state index contributed by atoms with van der Waals surface area (Å²) in [5.74, 6) is -0.469. The van der Waals surface area contributed by atoms with Gasteiger partial charge in [-0.2, -0.15) is 17.5 Å². The molecule has 5 nitrogen and oxygen atoms in total. The van der Waals surface area contributed by atoms with Gasteiger partial charge in [0.15, 0.2) is 0 Å². The third-order valence-electron chi connectivity index (χ3n) is 4.67. The van der Waals surface area contributed by atoms with Crippen LogP contribution in [0.4, 0.5) is 13.2 Å². The Morgan fingerprint density at radius 1 is 1.10 bits per heavy atom. The second-order valence-electron chi connectivity index (χ2n) is 6.64. The Kier molecular flexibility index (Phi) is 6.35. The Bertz CT molecular complexity index is 977. The summed E-state index contributed by atoms with van der Waals surface area (Å²) in [7, 11) is -3.83. The van der Waals surface area contributed by atoms with E-state index in [1.165, 1.54) is 28.6 Å². The predicted octanol–water partition coefficient (Wildman–Crippen LogP) is 3.94. The van der Waals surface area contributed by atoms with Crippen LogP contribution in [-0.2, 0) is 27.5 Å². The minimum absolute atomic E-state index is 0.0135. The quantitative estimate of drug-likeness (QED) is 0.690. The molecular weight excluding hydrogens is 473 g/mol. The highest BCUT2D eigenvalue weighted by molar-refractivity contribution is 9.10. The summed E-state index contributed by atoms with van der Waals surface area (Å²) in [5.41, 5.74) is -0.276. The lowest BCUT2D eigenvalue weighted by molar-refractivity contribution is -0.137. The molecule has 1 N–H and O–H groups in total. The largest absolute Gasteiger partial charge is 0.416 e. The number of benzene rings is 2. The average Bonchev–Trinajstić information content (AvgIpc) is 3.17. The Morgan fingerprint density at radius 3 is 2.31 bits per heavy atom. The molecule has 1 atom stereocenters. The van der Waals surface area contributed by atoms with Gasteiger partial charge in [-0.3, -0.25) is 4.79 Å². The highest BCUT2D eigenvalue weighted by atomic mass is 79.9. The number of carbonyl (C=O) groups is 1. The van der Waals surface area contributed by atoms with Crippen molar-refractivity contribution in [3.8, 4) is 0 Å². The molecule has 29 heavy (non-hydrogen) atoms. The first kappa shape index (κ1) is 21.8. The first-order valence-electron chi connectivity index (χ1n) is 8.80. The van der Waals surface area contributed by atoms with Gasteiger partial charge < -0.3 is 5.32 Å². The lowest BCUT2D eigenvalue weighted by Crippen LogP contribution is -2.45. The third kappa shape index (κ3) is 4.99. The fourth-order valence-electron chi connectivity index (χ4n) is 3.15. The molecule has 2 aromatic rings. The molecule has 0 radical (unpaired) electrons. The zero-order valence-electron chi connectivity index (χ0n) is 15.1. The highest BCUT2D eigenvalue weighted by Crippen LogP contribution is 2.29. The third-order valence-corrected chi connectivity index (χ3v) is 7.13. The molecule has 0 spiro atoms. The van der Waals surface area contributed by atoms with Gasteiger partial charge in [-0.05, 0) is 54.8 Å². The molecule has 1 aliphatic rings. The van der Waals surface area contributed by atoms with Crippen LogP contribution < -0.4 is 5.32 Å². The molecule has 0 aliphatic carbocycles. The van der Waals surface area contributed by atoms with Crippen molar-refractivity contribution >= 4 is 31.9 Å². The van der Waals surface area contributed by atoms with Gasteiger partial charge in [0.05, 0.1) is 10.5 Å². The molecule has 1 amide bonds. The van der Waals surface area contributed by atoms with E-state index < -0.39 is 33.7 Å². The normalized spacial score (nSPS) is 18.0. The number of alkyl halides is 3. The Balaban J connectivity index is 1.68. The monoisotopic (exact) mass is 490 g/mol. The first-order valence-corrected chi connectivity index (χ1v) is 11.0. The Morgan fingerprint density at radius 2 is 1.72 bits per heavy atom. The van der Waals surface area contributed by atoms with E-state index in [9.17, 15) is 26.4 Å². The number of nitrogens with zero attached hydrogens (tertiary/aromatic N) is 1. The molecule has 156 valence electrons. The number of hydrogen-bond donors (Lipinski definition) is 1. The van der Waals surface area contributed by atoms with E-state index in [-0.39, 0.29) is 18.0 Å². The van der Waals surface area contributed by atoms with Crippen molar-refractivity contribution in [3.63, 3.8) is 0 Å². The number of hydrogen-bond acceptors (Lipinski definition) is 3. The van der Waals surface area contributed by atoms with Gasteiger partial charge in [-0.1, -0.05) is 28.1 Å². The van der Waals surface area contributed by atoms with Crippen molar-refractivity contribution in [2.24, 2.45) is 0 Å². The number of amides is 1. The minimum Gasteiger partial charge on any atom is -0.351 e. The van der Waals surface area contributed by atoms with E-state index in [1.54, 1.807) is 12.1 Å². The number of nitrogens with one attached hydrogen (secondary N) is 1. The van der Waals surface area contributed by atoms with Crippen LogP contribution in [0.25, 0.3) is 0 Å². The maximum Gasteiger partial charge on any atom is 0.416 e. The molecule has 1 aliphatic heterocycles. The van der Waals surface area contributed by atoms with Crippen molar-refractivity contribution in [3.05, 3.63) is 64.1 Å². The van der Waals surface area contributed by atoms with E-state index in [0.29, 0.717) is 18.4 Å².